The summed E-state index contributed by atoms with van der Waals surface area (Å²) in [7, 11) is 3.58. The lowest BCUT2D eigenvalue weighted by atomic mass is 9.64. The average molecular weight is 756 g/mol. The van der Waals surface area contributed by atoms with Crippen LogP contribution in [0.1, 0.15) is 52.3 Å². The van der Waals surface area contributed by atoms with E-state index in [1.165, 1.54) is 54.9 Å². The van der Waals surface area contributed by atoms with Crippen LogP contribution in [0.3, 0.4) is 0 Å². The second-order valence-corrected chi connectivity index (χ2v) is 16.4. The van der Waals surface area contributed by atoms with Gasteiger partial charge in [0.15, 0.2) is 5.60 Å². The number of ether oxygens (including phenoxy) is 4. The SMILES string of the molecule is COc1ccc2c3c(c4c(c2c1)OC(c1ccccc1)(c1ccc(N2C=COCC2)cc1)C=C4)C1(C2=C3C=CC(C)(OC)C2)c2cccc3ccc4cccc1c4c23. The van der Waals surface area contributed by atoms with Crippen LogP contribution in [0.2, 0.25) is 0 Å². The van der Waals surface area contributed by atoms with E-state index in [-0.39, 0.29) is 0 Å². The smallest absolute Gasteiger partial charge is 0.178 e. The van der Waals surface area contributed by atoms with E-state index in [0.29, 0.717) is 6.61 Å². The maximum absolute atomic E-state index is 7.81. The third-order valence-corrected chi connectivity index (χ3v) is 13.6. The molecule has 5 nitrogen and oxygen atoms in total. The zero-order valence-electron chi connectivity index (χ0n) is 32.7. The number of methoxy groups -OCH3 is 2. The first-order valence-corrected chi connectivity index (χ1v) is 20.2. The zero-order valence-corrected chi connectivity index (χ0v) is 32.7. The van der Waals surface area contributed by atoms with E-state index >= 15 is 0 Å². The molecule has 0 radical (unpaired) electrons. The Labute approximate surface area is 337 Å². The van der Waals surface area contributed by atoms with Crippen molar-refractivity contribution in [2.75, 3.05) is 32.3 Å². The van der Waals surface area contributed by atoms with Crippen molar-refractivity contribution < 1.29 is 18.9 Å². The van der Waals surface area contributed by atoms with Crippen LogP contribution in [-0.4, -0.2) is 33.0 Å². The van der Waals surface area contributed by atoms with Crippen molar-refractivity contribution in [1.29, 1.82) is 0 Å². The highest BCUT2D eigenvalue weighted by Crippen LogP contribution is 2.67. The number of hydrogen-bond acceptors (Lipinski definition) is 5. The van der Waals surface area contributed by atoms with Crippen LogP contribution in [-0.2, 0) is 20.5 Å². The molecule has 2 heterocycles. The number of nitrogens with zero attached hydrogens (tertiary/aromatic N) is 1. The summed E-state index contributed by atoms with van der Waals surface area (Å²) in [6.07, 6.45) is 13.8. The van der Waals surface area contributed by atoms with Gasteiger partial charge in [0.1, 0.15) is 18.1 Å². The van der Waals surface area contributed by atoms with E-state index in [1.807, 2.05) is 13.3 Å². The van der Waals surface area contributed by atoms with E-state index in [9.17, 15) is 0 Å². The summed E-state index contributed by atoms with van der Waals surface area (Å²) in [6, 6.07) is 44.3. The maximum atomic E-state index is 7.81. The van der Waals surface area contributed by atoms with Crippen LogP contribution in [0.25, 0.3) is 44.0 Å². The molecule has 2 aliphatic heterocycles. The molecule has 7 aromatic carbocycles. The second-order valence-electron chi connectivity index (χ2n) is 16.4. The molecule has 5 heteroatoms. The molecular formula is C53H41NO4. The molecule has 0 N–H and O–H groups in total. The molecule has 5 aliphatic rings. The van der Waals surface area contributed by atoms with Crippen molar-refractivity contribution >= 4 is 49.7 Å². The fourth-order valence-electron chi connectivity index (χ4n) is 10.9. The van der Waals surface area contributed by atoms with Gasteiger partial charge in [-0.2, -0.15) is 0 Å². The lowest BCUT2D eigenvalue weighted by molar-refractivity contribution is 0.0469. The topological polar surface area (TPSA) is 40.2 Å². The van der Waals surface area contributed by atoms with Crippen LogP contribution in [0.5, 0.6) is 11.5 Å². The van der Waals surface area contributed by atoms with Gasteiger partial charge >= 0.3 is 0 Å². The summed E-state index contributed by atoms with van der Waals surface area (Å²) in [5.41, 5.74) is 10.2. The molecule has 0 amide bonds. The van der Waals surface area contributed by atoms with Crippen LogP contribution in [0.15, 0.2) is 158 Å². The molecule has 0 saturated heterocycles. The number of hydrogen-bond donors (Lipinski definition) is 0. The van der Waals surface area contributed by atoms with Crippen molar-refractivity contribution in [2.45, 2.75) is 30.0 Å². The Hall–Kier alpha value is -6.56. The Morgan fingerprint density at radius 3 is 2.14 bits per heavy atom. The molecule has 0 bridgehead atoms. The predicted molar refractivity (Wildman–Crippen MR) is 234 cm³/mol. The Balaban J connectivity index is 1.18. The summed E-state index contributed by atoms with van der Waals surface area (Å²) < 4.78 is 25.6. The van der Waals surface area contributed by atoms with Crippen LogP contribution < -0.4 is 14.4 Å². The van der Waals surface area contributed by atoms with Crippen LogP contribution in [0, 0.1) is 0 Å². The third-order valence-electron chi connectivity index (χ3n) is 13.6. The lowest BCUT2D eigenvalue weighted by Gasteiger charge is -2.41. The van der Waals surface area contributed by atoms with Crippen molar-refractivity contribution in [3.05, 3.63) is 197 Å². The van der Waals surface area contributed by atoms with E-state index in [2.05, 4.69) is 157 Å². The zero-order chi connectivity index (χ0) is 38.8. The first kappa shape index (κ1) is 33.6. The first-order chi connectivity index (χ1) is 28.5. The Kier molecular flexibility index (Phi) is 6.93. The minimum atomic E-state index is -0.913. The molecule has 12 rings (SSSR count). The molecule has 0 saturated carbocycles. The number of allylic oxidation sites excluding steroid dienone is 2. The van der Waals surface area contributed by atoms with Gasteiger partial charge in [-0.25, -0.2) is 0 Å². The Bertz CT molecular complexity index is 2970. The van der Waals surface area contributed by atoms with E-state index < -0.39 is 16.6 Å². The van der Waals surface area contributed by atoms with Gasteiger partial charge in [-0.15, -0.1) is 0 Å². The average Bonchev–Trinajstić information content (AvgIpc) is 3.76. The highest BCUT2D eigenvalue weighted by atomic mass is 16.5. The molecular weight excluding hydrogens is 715 g/mol. The first-order valence-electron chi connectivity index (χ1n) is 20.2. The van der Waals surface area contributed by atoms with E-state index in [0.717, 1.165) is 57.6 Å². The fraction of sp³-hybridized carbons (Fsp3) is 0.170. The molecule has 7 aromatic rings. The van der Waals surface area contributed by atoms with E-state index in [4.69, 9.17) is 18.9 Å². The van der Waals surface area contributed by atoms with Gasteiger partial charge in [0.05, 0.1) is 30.9 Å². The number of fused-ring (bicyclic) bond motifs is 11. The van der Waals surface area contributed by atoms with Gasteiger partial charge in [0, 0.05) is 47.5 Å². The van der Waals surface area contributed by atoms with Gasteiger partial charge in [0.2, 0.25) is 0 Å². The minimum absolute atomic E-state index is 0.471. The molecule has 282 valence electrons. The molecule has 0 aromatic heterocycles. The van der Waals surface area contributed by atoms with Gasteiger partial charge in [-0.1, -0.05) is 109 Å². The molecule has 3 aliphatic carbocycles. The van der Waals surface area contributed by atoms with Gasteiger partial charge in [0.25, 0.3) is 0 Å². The third kappa shape index (κ3) is 4.29. The fourth-order valence-corrected chi connectivity index (χ4v) is 10.9. The van der Waals surface area contributed by atoms with Crippen molar-refractivity contribution in [3.8, 4) is 11.5 Å². The normalized spacial score (nSPS) is 21.8. The van der Waals surface area contributed by atoms with Crippen molar-refractivity contribution in [2.24, 2.45) is 0 Å². The Morgan fingerprint density at radius 1 is 0.707 bits per heavy atom. The highest BCUT2D eigenvalue weighted by molar-refractivity contribution is 6.19. The lowest BCUT2D eigenvalue weighted by Crippen LogP contribution is -2.37. The summed E-state index contributed by atoms with van der Waals surface area (Å²) in [4.78, 5) is 2.22. The summed E-state index contributed by atoms with van der Waals surface area (Å²) in [5.74, 6) is 1.64. The maximum Gasteiger partial charge on any atom is 0.178 e. The largest absolute Gasteiger partial charge is 0.498 e. The van der Waals surface area contributed by atoms with Crippen molar-refractivity contribution in [3.63, 3.8) is 0 Å². The monoisotopic (exact) mass is 755 g/mol. The highest BCUT2D eigenvalue weighted by Gasteiger charge is 2.56. The van der Waals surface area contributed by atoms with Crippen molar-refractivity contribution in [1.82, 2.24) is 0 Å². The number of benzene rings is 7. The van der Waals surface area contributed by atoms with Crippen LogP contribution >= 0.6 is 0 Å². The number of anilines is 1. The van der Waals surface area contributed by atoms with Gasteiger partial charge < -0.3 is 23.8 Å². The summed E-state index contributed by atoms with van der Waals surface area (Å²) >= 11 is 0. The molecule has 58 heavy (non-hydrogen) atoms. The van der Waals surface area contributed by atoms with Crippen LogP contribution in [0.4, 0.5) is 5.69 Å². The summed E-state index contributed by atoms with van der Waals surface area (Å²) in [5, 5.41) is 7.36. The van der Waals surface area contributed by atoms with E-state index in [1.54, 1.807) is 13.4 Å². The molecule has 1 spiro atoms. The second kappa shape index (κ2) is 12.0. The molecule has 2 atom stereocenters. The number of rotatable bonds is 5. The molecule has 0 fully saturated rings. The Morgan fingerprint density at radius 2 is 1.45 bits per heavy atom. The minimum Gasteiger partial charge on any atom is -0.498 e. The quantitative estimate of drug-likeness (QED) is 0.164. The standard InChI is InChI=1S/C53H41NO4/c1-51(56-3)25-23-40-45(32-51)53(43-13-7-9-33-15-16-34-10-8-14-44(53)47(34)46(33)43)49-41-24-26-52(35-11-5-4-6-12-35,36-17-19-37(20-18-36)54-27-29-57-30-28-54)58-50(41)42-31-38(55-2)21-22-39(42)48(40)49/h4-27,29,31H,28,30,32H2,1-3H3. The predicted octanol–water partition coefficient (Wildman–Crippen LogP) is 11.6. The van der Waals surface area contributed by atoms with Gasteiger partial charge in [-0.3, -0.25) is 0 Å². The van der Waals surface area contributed by atoms with Gasteiger partial charge in [-0.05, 0) is 104 Å². The molecule has 2 unspecified atom stereocenters. The summed E-state index contributed by atoms with van der Waals surface area (Å²) in [6.45, 7) is 3.67.